The molecule has 0 aliphatic heterocycles. The number of amides is 2. The number of pyridine rings is 1. The number of hydrogen-bond acceptors (Lipinski definition) is 4. The normalized spacial score (nSPS) is 11.4. The molecule has 8 nitrogen and oxygen atoms in total. The van der Waals surface area contributed by atoms with Gasteiger partial charge in [-0.15, -0.1) is 0 Å². The number of carbonyl (C=O) groups excluding carboxylic acids is 1. The molecule has 0 aromatic carbocycles. The van der Waals surface area contributed by atoms with Crippen LogP contribution in [0.5, 0.6) is 0 Å². The highest BCUT2D eigenvalue weighted by molar-refractivity contribution is 5.82. The Bertz CT molecular complexity index is 477. The van der Waals surface area contributed by atoms with Gasteiger partial charge in [-0.25, -0.2) is 9.59 Å². The molecule has 1 aromatic heterocycles. The van der Waals surface area contributed by atoms with Crippen molar-refractivity contribution >= 4 is 18.0 Å². The maximum atomic E-state index is 11.5. The molecule has 1 heterocycles. The third-order valence-electron chi connectivity index (χ3n) is 2.41. The molecule has 0 radical (unpaired) electrons. The third-order valence-corrected chi connectivity index (χ3v) is 2.41. The van der Waals surface area contributed by atoms with Crippen LogP contribution in [-0.2, 0) is 16.1 Å². The number of urea groups is 1. The van der Waals surface area contributed by atoms with Gasteiger partial charge in [0.05, 0.1) is 12.2 Å². The van der Waals surface area contributed by atoms with Crippen LogP contribution < -0.4 is 10.6 Å². The fraction of sp³-hybridized carbons (Fsp3) is 0.333. The van der Waals surface area contributed by atoms with Crippen LogP contribution in [0.15, 0.2) is 24.4 Å². The van der Waals surface area contributed by atoms with Crippen LogP contribution in [0.3, 0.4) is 0 Å². The molecule has 0 aliphatic rings. The fourth-order valence-corrected chi connectivity index (χ4v) is 1.41. The van der Waals surface area contributed by atoms with Gasteiger partial charge in [0.2, 0.25) is 0 Å². The number of nitrogens with zero attached hydrogens (tertiary/aromatic N) is 1. The van der Waals surface area contributed by atoms with E-state index in [1.807, 2.05) is 0 Å². The summed E-state index contributed by atoms with van der Waals surface area (Å²) in [4.78, 5) is 36.8. The molecule has 0 saturated carbocycles. The molecular weight excluding hydrogens is 266 g/mol. The van der Waals surface area contributed by atoms with Crippen LogP contribution in [-0.4, -0.2) is 39.2 Å². The maximum absolute atomic E-state index is 11.5. The molecule has 0 fully saturated rings. The summed E-state index contributed by atoms with van der Waals surface area (Å²) < 4.78 is 0. The van der Waals surface area contributed by atoms with E-state index in [1.165, 1.54) is 0 Å². The van der Waals surface area contributed by atoms with Crippen molar-refractivity contribution < 1.29 is 24.6 Å². The van der Waals surface area contributed by atoms with E-state index in [2.05, 4.69) is 15.6 Å². The van der Waals surface area contributed by atoms with Gasteiger partial charge in [-0.1, -0.05) is 6.07 Å². The molecule has 108 valence electrons. The predicted octanol–water partition coefficient (Wildman–Crippen LogP) is 0.199. The van der Waals surface area contributed by atoms with Crippen LogP contribution in [0.1, 0.15) is 18.5 Å². The van der Waals surface area contributed by atoms with E-state index in [0.29, 0.717) is 5.69 Å². The topological polar surface area (TPSA) is 129 Å². The molecule has 1 atom stereocenters. The van der Waals surface area contributed by atoms with E-state index in [9.17, 15) is 14.4 Å². The highest BCUT2D eigenvalue weighted by Gasteiger charge is 2.20. The highest BCUT2D eigenvalue weighted by Crippen LogP contribution is 1.98. The first-order valence-corrected chi connectivity index (χ1v) is 5.88. The molecular formula is C12H15N3O5. The van der Waals surface area contributed by atoms with Crippen molar-refractivity contribution in [2.24, 2.45) is 0 Å². The summed E-state index contributed by atoms with van der Waals surface area (Å²) in [6, 6.07) is 3.27. The second-order valence-corrected chi connectivity index (χ2v) is 3.97. The minimum atomic E-state index is -1.28. The van der Waals surface area contributed by atoms with Gasteiger partial charge in [-0.2, -0.15) is 0 Å². The number of nitrogens with one attached hydrogen (secondary N) is 2. The van der Waals surface area contributed by atoms with E-state index in [4.69, 9.17) is 10.2 Å². The van der Waals surface area contributed by atoms with Crippen molar-refractivity contribution in [3.05, 3.63) is 30.1 Å². The first kappa shape index (κ1) is 15.4. The molecule has 0 spiro atoms. The predicted molar refractivity (Wildman–Crippen MR) is 67.9 cm³/mol. The Morgan fingerprint density at radius 1 is 1.25 bits per heavy atom. The lowest BCUT2D eigenvalue weighted by Gasteiger charge is -2.14. The molecule has 1 rings (SSSR count). The fourth-order valence-electron chi connectivity index (χ4n) is 1.41. The van der Waals surface area contributed by atoms with E-state index in [1.54, 1.807) is 24.4 Å². The van der Waals surface area contributed by atoms with E-state index < -0.39 is 24.0 Å². The summed E-state index contributed by atoms with van der Waals surface area (Å²) >= 11 is 0. The summed E-state index contributed by atoms with van der Waals surface area (Å²) in [5, 5.41) is 22.0. The van der Waals surface area contributed by atoms with Gasteiger partial charge in [0.1, 0.15) is 6.04 Å². The summed E-state index contributed by atoms with van der Waals surface area (Å²) in [6.45, 7) is 0.151. The van der Waals surface area contributed by atoms with Gasteiger partial charge in [0.25, 0.3) is 0 Å². The zero-order valence-electron chi connectivity index (χ0n) is 10.6. The van der Waals surface area contributed by atoms with Crippen LogP contribution in [0, 0.1) is 0 Å². The average molecular weight is 281 g/mol. The molecule has 0 bridgehead atoms. The monoisotopic (exact) mass is 281 g/mol. The van der Waals surface area contributed by atoms with Crippen LogP contribution >= 0.6 is 0 Å². The van der Waals surface area contributed by atoms with Crippen molar-refractivity contribution in [2.45, 2.75) is 25.4 Å². The van der Waals surface area contributed by atoms with Crippen LogP contribution in [0.2, 0.25) is 0 Å². The van der Waals surface area contributed by atoms with Gasteiger partial charge in [-0.3, -0.25) is 9.78 Å². The molecule has 2 amide bonds. The van der Waals surface area contributed by atoms with Crippen molar-refractivity contribution in [3.8, 4) is 0 Å². The summed E-state index contributed by atoms with van der Waals surface area (Å²) in [7, 11) is 0. The summed E-state index contributed by atoms with van der Waals surface area (Å²) in [6.07, 6.45) is 1.06. The van der Waals surface area contributed by atoms with E-state index in [0.717, 1.165) is 0 Å². The Balaban J connectivity index is 2.41. The Morgan fingerprint density at radius 3 is 2.55 bits per heavy atom. The number of carbonyl (C=O) groups is 3. The van der Waals surface area contributed by atoms with Gasteiger partial charge < -0.3 is 20.8 Å². The number of rotatable bonds is 7. The van der Waals surface area contributed by atoms with E-state index >= 15 is 0 Å². The van der Waals surface area contributed by atoms with Crippen molar-refractivity contribution in [2.75, 3.05) is 0 Å². The zero-order valence-corrected chi connectivity index (χ0v) is 10.6. The van der Waals surface area contributed by atoms with Gasteiger partial charge in [0, 0.05) is 12.6 Å². The highest BCUT2D eigenvalue weighted by atomic mass is 16.4. The first-order chi connectivity index (χ1) is 9.49. The number of carboxylic acid groups (broad SMARTS) is 2. The Morgan fingerprint density at radius 2 is 2.00 bits per heavy atom. The van der Waals surface area contributed by atoms with E-state index in [-0.39, 0.29) is 19.4 Å². The molecule has 20 heavy (non-hydrogen) atoms. The van der Waals surface area contributed by atoms with Gasteiger partial charge in [-0.05, 0) is 18.6 Å². The van der Waals surface area contributed by atoms with Gasteiger partial charge in [0.15, 0.2) is 0 Å². The standard InChI is InChI=1S/C12H15N3O5/c16-10(17)5-4-9(11(18)19)15-12(20)14-7-8-3-1-2-6-13-8/h1-3,6,9H,4-5,7H2,(H,16,17)(H,18,19)(H2,14,15,20)/t9-/m0/s1. The van der Waals surface area contributed by atoms with Gasteiger partial charge >= 0.3 is 18.0 Å². The molecule has 4 N–H and O–H groups in total. The molecule has 8 heteroatoms. The van der Waals surface area contributed by atoms with Crippen molar-refractivity contribution in [1.82, 2.24) is 15.6 Å². The molecule has 0 aliphatic carbocycles. The molecule has 1 aromatic rings. The summed E-state index contributed by atoms with van der Waals surface area (Å²) in [5.41, 5.74) is 0.625. The second-order valence-electron chi connectivity index (χ2n) is 3.97. The lowest BCUT2D eigenvalue weighted by atomic mass is 10.1. The van der Waals surface area contributed by atoms with Crippen molar-refractivity contribution in [1.29, 1.82) is 0 Å². The minimum Gasteiger partial charge on any atom is -0.481 e. The van der Waals surface area contributed by atoms with Crippen molar-refractivity contribution in [3.63, 3.8) is 0 Å². The number of aliphatic carboxylic acids is 2. The third kappa shape index (κ3) is 5.80. The Hall–Kier alpha value is -2.64. The number of hydrogen-bond donors (Lipinski definition) is 4. The second kappa shape index (κ2) is 7.72. The lowest BCUT2D eigenvalue weighted by Crippen LogP contribution is -2.46. The molecule has 0 saturated heterocycles. The Labute approximate surface area is 114 Å². The van der Waals surface area contributed by atoms with Crippen LogP contribution in [0.4, 0.5) is 4.79 Å². The van der Waals surface area contributed by atoms with Crippen LogP contribution in [0.25, 0.3) is 0 Å². The number of aromatic nitrogens is 1. The lowest BCUT2D eigenvalue weighted by molar-refractivity contribution is -0.140. The SMILES string of the molecule is O=C(O)CC[C@H](NC(=O)NCc1ccccn1)C(=O)O. The smallest absolute Gasteiger partial charge is 0.326 e. The maximum Gasteiger partial charge on any atom is 0.326 e. The molecule has 0 unspecified atom stereocenters. The first-order valence-electron chi connectivity index (χ1n) is 5.88. The summed E-state index contributed by atoms with van der Waals surface area (Å²) in [5.74, 6) is -2.40. The Kier molecular flexibility index (Phi) is 5.95. The quantitative estimate of drug-likeness (QED) is 0.565. The number of carboxylic acids is 2. The largest absolute Gasteiger partial charge is 0.481 e. The minimum absolute atomic E-state index is 0.151. The zero-order chi connectivity index (χ0) is 15.0. The average Bonchev–Trinajstić information content (AvgIpc) is 2.41.